The number of primary amides is 1. The minimum absolute atomic E-state index is 0.0410. The van der Waals surface area contributed by atoms with E-state index in [0.717, 1.165) is 12.8 Å². The molecule has 1 saturated carbocycles. The molecule has 0 radical (unpaired) electrons. The topological polar surface area (TPSA) is 126 Å². The van der Waals surface area contributed by atoms with E-state index in [-0.39, 0.29) is 35.4 Å². The number of amides is 2. The Morgan fingerprint density at radius 2 is 1.79 bits per heavy atom. The third-order valence-corrected chi connectivity index (χ3v) is 7.79. The van der Waals surface area contributed by atoms with Crippen LogP contribution in [-0.4, -0.2) is 30.2 Å². The molecule has 1 fully saturated rings. The van der Waals surface area contributed by atoms with Crippen LogP contribution >= 0.6 is 23.2 Å². The van der Waals surface area contributed by atoms with Gasteiger partial charge in [0, 0.05) is 33.1 Å². The number of nitrogens with two attached hydrogens (primary N) is 1. The Bertz CT molecular complexity index is 1450. The van der Waals surface area contributed by atoms with Crippen LogP contribution in [0.15, 0.2) is 40.8 Å². The number of halogens is 4. The molecule has 1 unspecified atom stereocenters. The first-order valence-corrected chi connectivity index (χ1v) is 13.9. The molecule has 0 aliphatic heterocycles. The second kappa shape index (κ2) is 12.3. The number of alkyl halides is 2. The number of nitrogens with one attached hydrogen (secondary N) is 1. The van der Waals surface area contributed by atoms with Crippen molar-refractivity contribution in [3.8, 4) is 23.0 Å². The van der Waals surface area contributed by atoms with Crippen LogP contribution in [-0.2, 0) is 16.9 Å². The summed E-state index contributed by atoms with van der Waals surface area (Å²) in [7, 11) is 0. The van der Waals surface area contributed by atoms with Gasteiger partial charge in [0.05, 0.1) is 6.61 Å². The van der Waals surface area contributed by atoms with Crippen molar-refractivity contribution in [3.05, 3.63) is 63.5 Å². The van der Waals surface area contributed by atoms with Gasteiger partial charge < -0.3 is 29.7 Å². The molecule has 3 N–H and O–H groups in total. The molecule has 0 saturated heterocycles. The van der Waals surface area contributed by atoms with Gasteiger partial charge in [-0.25, -0.2) is 9.78 Å². The van der Waals surface area contributed by atoms with E-state index in [0.29, 0.717) is 33.7 Å². The summed E-state index contributed by atoms with van der Waals surface area (Å²) in [5.41, 5.74) is 3.60. The summed E-state index contributed by atoms with van der Waals surface area (Å²) < 4.78 is 48.2. The van der Waals surface area contributed by atoms with Crippen molar-refractivity contribution in [2.24, 2.45) is 17.1 Å². The van der Waals surface area contributed by atoms with E-state index in [1.165, 1.54) is 18.2 Å². The van der Waals surface area contributed by atoms with Gasteiger partial charge in [0.15, 0.2) is 28.6 Å². The summed E-state index contributed by atoms with van der Waals surface area (Å²) in [6.07, 6.45) is 0.873. The normalized spacial score (nSPS) is 14.8. The van der Waals surface area contributed by atoms with E-state index in [2.05, 4.69) is 15.0 Å². The molecule has 3 aromatic rings. The van der Waals surface area contributed by atoms with Crippen LogP contribution < -0.4 is 20.5 Å². The SMILES string of the molecule is CC(C)(C)C(C)(OC(N)=O)c1oc(-c2ccc(OC(F)F)c(OCC3CC3)c2)nc1C(=O)NCc1c(Cl)cccc1Cl. The number of nitrogens with zero attached hydrogens (tertiary/aromatic N) is 1. The van der Waals surface area contributed by atoms with Gasteiger partial charge in [0.25, 0.3) is 5.91 Å². The number of oxazole rings is 1. The summed E-state index contributed by atoms with van der Waals surface area (Å²) in [4.78, 5) is 30.0. The molecule has 1 heterocycles. The summed E-state index contributed by atoms with van der Waals surface area (Å²) in [6, 6.07) is 9.12. The molecule has 1 aliphatic rings. The van der Waals surface area contributed by atoms with E-state index < -0.39 is 29.6 Å². The highest BCUT2D eigenvalue weighted by molar-refractivity contribution is 6.36. The highest BCUT2D eigenvalue weighted by Gasteiger charge is 2.49. The third-order valence-electron chi connectivity index (χ3n) is 7.08. The summed E-state index contributed by atoms with van der Waals surface area (Å²) >= 11 is 12.5. The highest BCUT2D eigenvalue weighted by atomic mass is 35.5. The first-order chi connectivity index (χ1) is 19.7. The van der Waals surface area contributed by atoms with Crippen LogP contribution in [0.25, 0.3) is 11.5 Å². The molecule has 4 rings (SSSR count). The van der Waals surface area contributed by atoms with Gasteiger partial charge in [0.2, 0.25) is 5.89 Å². The van der Waals surface area contributed by atoms with Crippen LogP contribution in [0.1, 0.15) is 62.3 Å². The molecule has 42 heavy (non-hydrogen) atoms. The second-order valence-corrected chi connectivity index (χ2v) is 11.9. The fourth-order valence-corrected chi connectivity index (χ4v) is 4.59. The van der Waals surface area contributed by atoms with E-state index in [4.69, 9.17) is 42.8 Å². The summed E-state index contributed by atoms with van der Waals surface area (Å²) in [5, 5.41) is 3.43. The van der Waals surface area contributed by atoms with Crippen LogP contribution in [0.2, 0.25) is 10.0 Å². The number of carbonyl (C=O) groups is 2. The fraction of sp³-hybridized carbons (Fsp3) is 0.414. The molecule has 9 nitrogen and oxygen atoms in total. The number of rotatable bonds is 11. The van der Waals surface area contributed by atoms with Crippen LogP contribution in [0.5, 0.6) is 11.5 Å². The van der Waals surface area contributed by atoms with Crippen molar-refractivity contribution in [3.63, 3.8) is 0 Å². The highest BCUT2D eigenvalue weighted by Crippen LogP contribution is 2.46. The first-order valence-electron chi connectivity index (χ1n) is 13.1. The molecule has 0 spiro atoms. The lowest BCUT2D eigenvalue weighted by Crippen LogP contribution is -2.44. The van der Waals surface area contributed by atoms with Gasteiger partial charge in [-0.2, -0.15) is 8.78 Å². The van der Waals surface area contributed by atoms with Gasteiger partial charge in [-0.3, -0.25) is 4.79 Å². The lowest BCUT2D eigenvalue weighted by molar-refractivity contribution is -0.0707. The zero-order valence-corrected chi connectivity index (χ0v) is 24.9. The monoisotopic (exact) mass is 625 g/mol. The van der Waals surface area contributed by atoms with Crippen molar-refractivity contribution in [1.29, 1.82) is 0 Å². The maximum Gasteiger partial charge on any atom is 0.405 e. The quantitative estimate of drug-likeness (QED) is 0.228. The van der Waals surface area contributed by atoms with Gasteiger partial charge in [0.1, 0.15) is 0 Å². The molecule has 226 valence electrons. The van der Waals surface area contributed by atoms with E-state index in [9.17, 15) is 18.4 Å². The molecular formula is C29H31Cl2F2N3O6. The maximum atomic E-state index is 13.6. The molecule has 1 aromatic heterocycles. The number of hydrogen-bond acceptors (Lipinski definition) is 7. The Hall–Kier alpha value is -3.57. The predicted octanol–water partition coefficient (Wildman–Crippen LogP) is 7.33. The second-order valence-electron chi connectivity index (χ2n) is 11.1. The van der Waals surface area contributed by atoms with Gasteiger partial charge in [-0.1, -0.05) is 50.0 Å². The van der Waals surface area contributed by atoms with Crippen molar-refractivity contribution < 1.29 is 37.0 Å². The average molecular weight is 626 g/mol. The molecule has 13 heteroatoms. The molecule has 0 bridgehead atoms. The number of aromatic nitrogens is 1. The van der Waals surface area contributed by atoms with Crippen LogP contribution in [0, 0.1) is 11.3 Å². The largest absolute Gasteiger partial charge is 0.489 e. The van der Waals surface area contributed by atoms with E-state index in [1.54, 1.807) is 45.9 Å². The fourth-order valence-electron chi connectivity index (χ4n) is 4.06. The Balaban J connectivity index is 1.78. The first kappa shape index (κ1) is 31.4. The Morgan fingerprint density at radius 3 is 2.36 bits per heavy atom. The molecule has 1 aliphatic carbocycles. The maximum absolute atomic E-state index is 13.6. The zero-order chi connectivity index (χ0) is 30.8. The van der Waals surface area contributed by atoms with Crippen molar-refractivity contribution in [2.75, 3.05) is 6.61 Å². The third kappa shape index (κ3) is 7.07. The number of ether oxygens (including phenoxy) is 3. The molecule has 2 amide bonds. The van der Waals surface area contributed by atoms with Crippen LogP contribution in [0.4, 0.5) is 13.6 Å². The van der Waals surface area contributed by atoms with Gasteiger partial charge >= 0.3 is 12.7 Å². The minimum atomic E-state index is -3.06. The standard InChI is InChI=1S/C29H31Cl2F2N3O6/c1-28(2,3)29(4,42-27(34)38)23-22(24(37)35-13-17-18(30)6-5-7-19(17)31)36-25(41-23)16-10-11-20(40-26(32)33)21(12-16)39-14-15-8-9-15/h5-7,10-12,15,26H,8-9,13-14H2,1-4H3,(H2,34,38)(H,35,37). The van der Waals surface area contributed by atoms with Crippen molar-refractivity contribution in [2.45, 2.75) is 59.3 Å². The predicted molar refractivity (Wildman–Crippen MR) is 152 cm³/mol. The Morgan fingerprint density at radius 1 is 1.12 bits per heavy atom. The number of benzene rings is 2. The molecular weight excluding hydrogens is 595 g/mol. The van der Waals surface area contributed by atoms with E-state index in [1.807, 2.05) is 0 Å². The Labute approximate surface area is 251 Å². The number of hydrogen-bond donors (Lipinski definition) is 2. The average Bonchev–Trinajstić information content (AvgIpc) is 3.61. The molecule has 2 aromatic carbocycles. The van der Waals surface area contributed by atoms with E-state index >= 15 is 0 Å². The molecule has 1 atom stereocenters. The van der Waals surface area contributed by atoms with Gasteiger partial charge in [-0.15, -0.1) is 0 Å². The number of carbonyl (C=O) groups excluding carboxylic acids is 2. The Kier molecular flexibility index (Phi) is 9.22. The summed E-state index contributed by atoms with van der Waals surface area (Å²) in [6.45, 7) is 4.07. The van der Waals surface area contributed by atoms with Crippen molar-refractivity contribution >= 4 is 35.2 Å². The smallest absolute Gasteiger partial charge is 0.405 e. The lowest BCUT2D eigenvalue weighted by Gasteiger charge is -2.38. The van der Waals surface area contributed by atoms with Gasteiger partial charge in [-0.05, 0) is 56.0 Å². The van der Waals surface area contributed by atoms with Crippen LogP contribution in [0.3, 0.4) is 0 Å². The zero-order valence-electron chi connectivity index (χ0n) is 23.4. The van der Waals surface area contributed by atoms with Crippen molar-refractivity contribution in [1.82, 2.24) is 10.3 Å². The minimum Gasteiger partial charge on any atom is -0.489 e. The lowest BCUT2D eigenvalue weighted by atomic mass is 9.75. The summed E-state index contributed by atoms with van der Waals surface area (Å²) in [5.74, 6) is -0.587.